The van der Waals surface area contributed by atoms with Crippen molar-refractivity contribution >= 4 is 0 Å². The van der Waals surface area contributed by atoms with E-state index in [1.165, 1.54) is 45.3 Å². The van der Waals surface area contributed by atoms with Crippen LogP contribution in [-0.2, 0) is 0 Å². The lowest BCUT2D eigenvalue weighted by Gasteiger charge is -2.44. The highest BCUT2D eigenvalue weighted by molar-refractivity contribution is 4.92. The SMILES string of the molecule is C1CC2CN3CCCC(C3)C2C1. The van der Waals surface area contributed by atoms with Gasteiger partial charge in [-0.05, 0) is 50.0 Å². The van der Waals surface area contributed by atoms with Gasteiger partial charge in [-0.15, -0.1) is 0 Å². The maximum absolute atomic E-state index is 2.72. The molecular weight excluding hydrogens is 146 g/mol. The summed E-state index contributed by atoms with van der Waals surface area (Å²) in [7, 11) is 0. The minimum absolute atomic E-state index is 1.10. The third-order valence-electron chi connectivity index (χ3n) is 4.36. The van der Waals surface area contributed by atoms with Gasteiger partial charge in [-0.1, -0.05) is 6.42 Å². The Morgan fingerprint density at radius 1 is 0.833 bits per heavy atom. The summed E-state index contributed by atoms with van der Waals surface area (Å²) in [4.78, 5) is 2.72. The lowest BCUT2D eigenvalue weighted by molar-refractivity contribution is 0.0410. The van der Waals surface area contributed by atoms with Crippen molar-refractivity contribution < 1.29 is 0 Å². The van der Waals surface area contributed by atoms with Gasteiger partial charge in [0.25, 0.3) is 0 Å². The number of nitrogens with zero attached hydrogens (tertiary/aromatic N) is 1. The highest BCUT2D eigenvalue weighted by atomic mass is 15.1. The molecule has 4 unspecified atom stereocenters. The van der Waals surface area contributed by atoms with E-state index in [2.05, 4.69) is 4.90 Å². The van der Waals surface area contributed by atoms with Gasteiger partial charge in [-0.25, -0.2) is 0 Å². The molecule has 0 spiro atoms. The Morgan fingerprint density at radius 2 is 1.58 bits per heavy atom. The van der Waals surface area contributed by atoms with Crippen LogP contribution in [0.2, 0.25) is 0 Å². The number of fused-ring (bicyclic) bond motifs is 4. The molecule has 1 aliphatic carbocycles. The summed E-state index contributed by atoms with van der Waals surface area (Å²) < 4.78 is 0. The Bertz CT molecular complexity index is 178. The van der Waals surface area contributed by atoms with Crippen LogP contribution in [0.5, 0.6) is 0 Å². The lowest BCUT2D eigenvalue weighted by atomic mass is 9.75. The van der Waals surface area contributed by atoms with E-state index < -0.39 is 0 Å². The Balaban J connectivity index is 1.81. The molecule has 0 aromatic heterocycles. The van der Waals surface area contributed by atoms with E-state index in [9.17, 15) is 0 Å². The number of rotatable bonds is 0. The highest BCUT2D eigenvalue weighted by Gasteiger charge is 2.40. The predicted octanol–water partition coefficient (Wildman–Crippen LogP) is 2.13. The molecule has 68 valence electrons. The standard InChI is InChI=1S/C11H19N/c1-3-9-7-12-6-2-4-10(8-12)11(9)5-1/h9-11H,1-8H2. The molecular formula is C11H19N. The lowest BCUT2D eigenvalue weighted by Crippen LogP contribution is -2.47. The van der Waals surface area contributed by atoms with Crippen molar-refractivity contribution in [3.05, 3.63) is 0 Å². The smallest absolute Gasteiger partial charge is 0.00125 e. The number of hydrogen-bond donors (Lipinski definition) is 0. The molecule has 3 rings (SSSR count). The molecule has 0 aromatic carbocycles. The summed E-state index contributed by atoms with van der Waals surface area (Å²) in [6.45, 7) is 4.29. The third-order valence-corrected chi connectivity index (χ3v) is 4.36. The van der Waals surface area contributed by atoms with E-state index in [1.807, 2.05) is 0 Å². The van der Waals surface area contributed by atoms with Crippen LogP contribution in [0.3, 0.4) is 0 Å². The third kappa shape index (κ3) is 1.02. The summed E-state index contributed by atoms with van der Waals surface area (Å²) in [5.74, 6) is 3.34. The van der Waals surface area contributed by atoms with Gasteiger partial charge in [0.05, 0.1) is 0 Å². The largest absolute Gasteiger partial charge is 0.303 e. The van der Waals surface area contributed by atoms with Crippen LogP contribution in [0.15, 0.2) is 0 Å². The van der Waals surface area contributed by atoms with E-state index in [-0.39, 0.29) is 0 Å². The van der Waals surface area contributed by atoms with Crippen LogP contribution in [0.1, 0.15) is 32.1 Å². The molecule has 4 atom stereocenters. The first kappa shape index (κ1) is 7.37. The molecule has 12 heavy (non-hydrogen) atoms. The maximum atomic E-state index is 2.72. The van der Waals surface area contributed by atoms with Gasteiger partial charge < -0.3 is 4.90 Å². The van der Waals surface area contributed by atoms with Crippen LogP contribution < -0.4 is 0 Å². The molecule has 3 aliphatic rings. The minimum atomic E-state index is 1.10. The van der Waals surface area contributed by atoms with Gasteiger partial charge in [0, 0.05) is 13.1 Å². The molecule has 3 fully saturated rings. The second-order valence-corrected chi connectivity index (χ2v) is 5.02. The van der Waals surface area contributed by atoms with Crippen molar-refractivity contribution in [2.45, 2.75) is 32.1 Å². The van der Waals surface area contributed by atoms with Crippen molar-refractivity contribution in [2.75, 3.05) is 19.6 Å². The topological polar surface area (TPSA) is 3.24 Å². The van der Waals surface area contributed by atoms with Crippen molar-refractivity contribution in [3.8, 4) is 0 Å². The van der Waals surface area contributed by atoms with E-state index in [0.29, 0.717) is 0 Å². The van der Waals surface area contributed by atoms with Gasteiger partial charge >= 0.3 is 0 Å². The molecule has 2 aliphatic heterocycles. The van der Waals surface area contributed by atoms with Crippen LogP contribution in [0, 0.1) is 17.8 Å². The van der Waals surface area contributed by atoms with Gasteiger partial charge in [0.2, 0.25) is 0 Å². The van der Waals surface area contributed by atoms with Crippen molar-refractivity contribution in [1.29, 1.82) is 0 Å². The second-order valence-electron chi connectivity index (χ2n) is 5.02. The average Bonchev–Trinajstić information content (AvgIpc) is 2.53. The highest BCUT2D eigenvalue weighted by Crippen LogP contribution is 2.44. The van der Waals surface area contributed by atoms with Crippen molar-refractivity contribution in [1.82, 2.24) is 4.90 Å². The zero-order valence-corrected chi connectivity index (χ0v) is 7.84. The average molecular weight is 165 g/mol. The van der Waals surface area contributed by atoms with Crippen LogP contribution in [0.4, 0.5) is 0 Å². The molecule has 1 nitrogen and oxygen atoms in total. The Labute approximate surface area is 75.1 Å². The van der Waals surface area contributed by atoms with E-state index in [0.717, 1.165) is 17.8 Å². The fourth-order valence-corrected chi connectivity index (χ4v) is 3.85. The normalized spacial score (nSPS) is 52.0. The zero-order chi connectivity index (χ0) is 7.97. The summed E-state index contributed by atoms with van der Waals surface area (Å²) in [5.41, 5.74) is 0. The first-order chi connectivity index (χ1) is 5.93. The van der Waals surface area contributed by atoms with E-state index in [4.69, 9.17) is 0 Å². The minimum Gasteiger partial charge on any atom is -0.303 e. The van der Waals surface area contributed by atoms with Gasteiger partial charge in [0.15, 0.2) is 0 Å². The number of hydrogen-bond acceptors (Lipinski definition) is 1. The predicted molar refractivity (Wildman–Crippen MR) is 50.0 cm³/mol. The number of piperidine rings is 2. The summed E-state index contributed by atoms with van der Waals surface area (Å²) >= 11 is 0. The molecule has 0 amide bonds. The first-order valence-corrected chi connectivity index (χ1v) is 5.66. The van der Waals surface area contributed by atoms with Crippen molar-refractivity contribution in [2.24, 2.45) is 17.8 Å². The Kier molecular flexibility index (Phi) is 1.68. The molecule has 0 radical (unpaired) electrons. The van der Waals surface area contributed by atoms with Gasteiger partial charge in [0.1, 0.15) is 0 Å². The molecule has 0 N–H and O–H groups in total. The van der Waals surface area contributed by atoms with E-state index in [1.54, 1.807) is 6.42 Å². The molecule has 2 bridgehead atoms. The maximum Gasteiger partial charge on any atom is 0.00125 e. The van der Waals surface area contributed by atoms with E-state index >= 15 is 0 Å². The van der Waals surface area contributed by atoms with Gasteiger partial charge in [-0.2, -0.15) is 0 Å². The molecule has 2 heterocycles. The van der Waals surface area contributed by atoms with Crippen LogP contribution >= 0.6 is 0 Å². The summed E-state index contributed by atoms with van der Waals surface area (Å²) in [6, 6.07) is 0. The quantitative estimate of drug-likeness (QED) is 0.531. The summed E-state index contributed by atoms with van der Waals surface area (Å²) in [5, 5.41) is 0. The molecule has 2 saturated heterocycles. The summed E-state index contributed by atoms with van der Waals surface area (Å²) in [6.07, 6.45) is 7.64. The fraction of sp³-hybridized carbons (Fsp3) is 1.00. The molecule has 1 saturated carbocycles. The van der Waals surface area contributed by atoms with Crippen LogP contribution in [0.25, 0.3) is 0 Å². The van der Waals surface area contributed by atoms with Gasteiger partial charge in [-0.3, -0.25) is 0 Å². The Hall–Kier alpha value is -0.0400. The molecule has 0 aromatic rings. The first-order valence-electron chi connectivity index (χ1n) is 5.66. The molecule has 1 heteroatoms. The zero-order valence-electron chi connectivity index (χ0n) is 7.84. The Morgan fingerprint density at radius 3 is 2.42 bits per heavy atom. The second kappa shape index (κ2) is 2.73. The van der Waals surface area contributed by atoms with Crippen LogP contribution in [-0.4, -0.2) is 24.5 Å². The fourth-order valence-electron chi connectivity index (χ4n) is 3.85. The van der Waals surface area contributed by atoms with Crippen molar-refractivity contribution in [3.63, 3.8) is 0 Å². The monoisotopic (exact) mass is 165 g/mol.